The van der Waals surface area contributed by atoms with Crippen LogP contribution in [0.4, 0.5) is 10.2 Å². The maximum Gasteiger partial charge on any atom is 0.148 e. The van der Waals surface area contributed by atoms with Crippen LogP contribution in [0.3, 0.4) is 0 Å². The highest BCUT2D eigenvalue weighted by Gasteiger charge is 2.22. The first kappa shape index (κ1) is 18.1. The van der Waals surface area contributed by atoms with E-state index in [4.69, 9.17) is 5.84 Å². The van der Waals surface area contributed by atoms with Crippen LogP contribution in [0.5, 0.6) is 0 Å². The Kier molecular flexibility index (Phi) is 5.08. The van der Waals surface area contributed by atoms with E-state index in [0.717, 1.165) is 23.5 Å². The monoisotopic (exact) mass is 356 g/mol. The molecule has 0 saturated carbocycles. The Morgan fingerprint density at radius 2 is 1.88 bits per heavy atom. The van der Waals surface area contributed by atoms with Gasteiger partial charge in [-0.05, 0) is 36.8 Å². The van der Waals surface area contributed by atoms with Crippen LogP contribution in [0.15, 0.2) is 42.6 Å². The maximum atomic E-state index is 13.1. The fourth-order valence-electron chi connectivity index (χ4n) is 2.93. The van der Waals surface area contributed by atoms with Crippen molar-refractivity contribution in [3.8, 4) is 0 Å². The normalized spacial score (nSPS) is 14.6. The molecule has 0 bridgehead atoms. The van der Waals surface area contributed by atoms with Crippen LogP contribution in [0.2, 0.25) is 0 Å². The lowest BCUT2D eigenvalue weighted by Crippen LogP contribution is -2.30. The Labute approximate surface area is 153 Å². The number of nitrogens with zero attached hydrogens (tertiary/aromatic N) is 4. The van der Waals surface area contributed by atoms with Crippen molar-refractivity contribution in [2.75, 3.05) is 25.1 Å². The predicted molar refractivity (Wildman–Crippen MR) is 101 cm³/mol. The van der Waals surface area contributed by atoms with Gasteiger partial charge in [-0.3, -0.25) is 5.01 Å². The highest BCUT2D eigenvalue weighted by atomic mass is 19.1. The van der Waals surface area contributed by atoms with E-state index in [0.29, 0.717) is 19.0 Å². The molecule has 7 heteroatoms. The third-order valence-electron chi connectivity index (χ3n) is 4.61. The Hall–Kier alpha value is -2.67. The van der Waals surface area contributed by atoms with Gasteiger partial charge in [0.2, 0.25) is 0 Å². The number of benzene rings is 1. The number of anilines is 1. The topological polar surface area (TPSA) is 70.3 Å². The van der Waals surface area contributed by atoms with Crippen LogP contribution in [0.25, 0.3) is 5.70 Å². The summed E-state index contributed by atoms with van der Waals surface area (Å²) in [6.07, 6.45) is 1.87. The van der Waals surface area contributed by atoms with E-state index in [1.807, 2.05) is 30.5 Å². The quantitative estimate of drug-likeness (QED) is 0.776. The maximum absolute atomic E-state index is 13.1. The van der Waals surface area contributed by atoms with Gasteiger partial charge < -0.3 is 10.2 Å². The molecule has 6 nitrogen and oxygen atoms in total. The first-order chi connectivity index (χ1) is 12.4. The zero-order chi connectivity index (χ0) is 18.7. The van der Waals surface area contributed by atoms with E-state index < -0.39 is 0 Å². The predicted octanol–water partition coefficient (Wildman–Crippen LogP) is 2.77. The zero-order valence-corrected chi connectivity index (χ0v) is 15.4. The van der Waals surface area contributed by atoms with E-state index in [2.05, 4.69) is 41.2 Å². The van der Waals surface area contributed by atoms with Gasteiger partial charge in [-0.15, -0.1) is 10.2 Å². The third kappa shape index (κ3) is 3.94. The second-order valence-electron chi connectivity index (χ2n) is 7.07. The first-order valence-electron chi connectivity index (χ1n) is 8.71. The molecule has 0 radical (unpaired) electrons. The second-order valence-corrected chi connectivity index (χ2v) is 7.07. The van der Waals surface area contributed by atoms with Crippen LogP contribution >= 0.6 is 0 Å². The number of hydrazine groups is 1. The van der Waals surface area contributed by atoms with Gasteiger partial charge in [0.05, 0.1) is 5.70 Å². The van der Waals surface area contributed by atoms with Crippen molar-refractivity contribution in [2.24, 2.45) is 5.84 Å². The molecule has 1 aromatic carbocycles. The fourth-order valence-corrected chi connectivity index (χ4v) is 2.93. The minimum atomic E-state index is -0.225. The van der Waals surface area contributed by atoms with E-state index in [9.17, 15) is 4.39 Å². The van der Waals surface area contributed by atoms with Gasteiger partial charge in [-0.25, -0.2) is 10.2 Å². The molecule has 3 rings (SSSR count). The lowest BCUT2D eigenvalue weighted by molar-refractivity contribution is 0.286. The number of rotatable bonds is 6. The van der Waals surface area contributed by atoms with E-state index in [1.54, 1.807) is 5.01 Å². The molecule has 0 atom stereocenters. The van der Waals surface area contributed by atoms with Crippen molar-refractivity contribution in [3.63, 3.8) is 0 Å². The Bertz CT molecular complexity index is 770. The number of aromatic nitrogens is 2. The molecule has 2 heterocycles. The lowest BCUT2D eigenvalue weighted by atomic mass is 9.84. The number of halogens is 1. The summed E-state index contributed by atoms with van der Waals surface area (Å²) in [4.78, 5) is 2.13. The minimum Gasteiger partial charge on any atom is -0.368 e. The van der Waals surface area contributed by atoms with Crippen LogP contribution in [0.1, 0.15) is 32.0 Å². The van der Waals surface area contributed by atoms with Gasteiger partial charge in [0.1, 0.15) is 24.0 Å². The Morgan fingerprint density at radius 3 is 2.50 bits per heavy atom. The number of hydrogen-bond acceptors (Lipinski definition) is 6. The molecule has 0 saturated heterocycles. The van der Waals surface area contributed by atoms with Crippen LogP contribution in [0, 0.1) is 5.82 Å². The van der Waals surface area contributed by atoms with Gasteiger partial charge in [-0.2, -0.15) is 0 Å². The highest BCUT2D eigenvalue weighted by molar-refractivity contribution is 5.62. The molecule has 1 aromatic heterocycles. The van der Waals surface area contributed by atoms with Crippen LogP contribution < -0.4 is 11.2 Å². The summed E-state index contributed by atoms with van der Waals surface area (Å²) in [5.74, 6) is 6.33. The summed E-state index contributed by atoms with van der Waals surface area (Å²) in [6.45, 7) is 8.45. The molecule has 0 amide bonds. The summed E-state index contributed by atoms with van der Waals surface area (Å²) in [7, 11) is 0. The molecule has 0 fully saturated rings. The molecule has 3 N–H and O–H groups in total. The summed E-state index contributed by atoms with van der Waals surface area (Å²) in [5.41, 5.74) is 2.67. The average Bonchev–Trinajstić information content (AvgIpc) is 3.02. The Morgan fingerprint density at radius 1 is 1.15 bits per heavy atom. The Balaban J connectivity index is 1.66. The van der Waals surface area contributed by atoms with Crippen molar-refractivity contribution in [2.45, 2.75) is 26.2 Å². The average molecular weight is 356 g/mol. The summed E-state index contributed by atoms with van der Waals surface area (Å²) in [5, 5.41) is 13.6. The van der Waals surface area contributed by atoms with Crippen molar-refractivity contribution in [3.05, 3.63) is 59.7 Å². The van der Waals surface area contributed by atoms with Crippen molar-refractivity contribution >= 4 is 11.5 Å². The summed E-state index contributed by atoms with van der Waals surface area (Å²) in [6, 6.07) is 10.5. The number of nitrogens with one attached hydrogen (secondary N) is 1. The minimum absolute atomic E-state index is 0.166. The molecule has 2 aromatic rings. The highest BCUT2D eigenvalue weighted by Crippen LogP contribution is 2.25. The van der Waals surface area contributed by atoms with E-state index in [-0.39, 0.29) is 11.2 Å². The SMILES string of the molecule is CCN1CN(N)C=C1c1ccc(NCC(C)(C)c2ccc(F)cc2)nn1. The molecular formula is C19H25FN6. The van der Waals surface area contributed by atoms with E-state index >= 15 is 0 Å². The molecule has 1 aliphatic rings. The van der Waals surface area contributed by atoms with Crippen molar-refractivity contribution in [1.82, 2.24) is 20.1 Å². The number of nitrogens with two attached hydrogens (primary N) is 1. The third-order valence-corrected chi connectivity index (χ3v) is 4.61. The first-order valence-corrected chi connectivity index (χ1v) is 8.71. The molecular weight excluding hydrogens is 331 g/mol. The molecule has 138 valence electrons. The molecule has 26 heavy (non-hydrogen) atoms. The zero-order valence-electron chi connectivity index (χ0n) is 15.4. The van der Waals surface area contributed by atoms with Crippen LogP contribution in [-0.2, 0) is 5.41 Å². The smallest absolute Gasteiger partial charge is 0.148 e. The van der Waals surface area contributed by atoms with Gasteiger partial charge in [0.25, 0.3) is 0 Å². The second kappa shape index (κ2) is 7.29. The molecule has 0 aliphatic carbocycles. The molecule has 1 aliphatic heterocycles. The number of hydrogen-bond donors (Lipinski definition) is 2. The van der Waals surface area contributed by atoms with Crippen LogP contribution in [-0.4, -0.2) is 39.9 Å². The summed E-state index contributed by atoms with van der Waals surface area (Å²) >= 11 is 0. The fraction of sp³-hybridized carbons (Fsp3) is 0.368. The molecule has 0 unspecified atom stereocenters. The largest absolute Gasteiger partial charge is 0.368 e. The van der Waals surface area contributed by atoms with Crippen molar-refractivity contribution in [1.29, 1.82) is 0 Å². The lowest BCUT2D eigenvalue weighted by Gasteiger charge is -2.26. The standard InChI is InChI=1S/C19H25FN6/c1-4-25-13-26(21)11-17(25)16-9-10-18(24-23-16)22-12-19(2,3)14-5-7-15(20)8-6-14/h5-11H,4,12-13,21H2,1-3H3,(H,22,24). The van der Waals surface area contributed by atoms with E-state index in [1.165, 1.54) is 12.1 Å². The summed E-state index contributed by atoms with van der Waals surface area (Å²) < 4.78 is 13.1. The van der Waals surface area contributed by atoms with Gasteiger partial charge in [0, 0.05) is 24.7 Å². The van der Waals surface area contributed by atoms with Gasteiger partial charge in [0.15, 0.2) is 0 Å². The van der Waals surface area contributed by atoms with Gasteiger partial charge >= 0.3 is 0 Å². The van der Waals surface area contributed by atoms with Crippen molar-refractivity contribution < 1.29 is 4.39 Å². The molecule has 0 spiro atoms. The van der Waals surface area contributed by atoms with Gasteiger partial charge in [-0.1, -0.05) is 26.0 Å².